The molecule has 1 aliphatic rings. The predicted molar refractivity (Wildman–Crippen MR) is 65.9 cm³/mol. The molecule has 0 amide bonds. The highest BCUT2D eigenvalue weighted by Gasteiger charge is 2.02. The Labute approximate surface area is 93.0 Å². The van der Waals surface area contributed by atoms with Crippen molar-refractivity contribution in [3.05, 3.63) is 47.5 Å². The lowest BCUT2D eigenvalue weighted by Crippen LogP contribution is -1.94. The second kappa shape index (κ2) is 5.75. The highest BCUT2D eigenvalue weighted by Crippen LogP contribution is 2.20. The number of allylic oxidation sites excluding steroid dienone is 2. The first kappa shape index (κ1) is 10.5. The fourth-order valence-electron chi connectivity index (χ4n) is 2.28. The van der Waals surface area contributed by atoms with Crippen LogP contribution < -0.4 is 0 Å². The fraction of sp³-hybridized carbons (Fsp3) is 0.467. The van der Waals surface area contributed by atoms with Gasteiger partial charge in [0.2, 0.25) is 0 Å². The van der Waals surface area contributed by atoms with Crippen molar-refractivity contribution in [1.82, 2.24) is 0 Å². The Morgan fingerprint density at radius 2 is 1.67 bits per heavy atom. The molecule has 1 aliphatic carbocycles. The molecule has 0 N–H and O–H groups in total. The van der Waals surface area contributed by atoms with Crippen LogP contribution in [-0.4, -0.2) is 0 Å². The molecule has 1 aromatic rings. The summed E-state index contributed by atoms with van der Waals surface area (Å²) in [6.45, 7) is 0. The second-order valence-electron chi connectivity index (χ2n) is 4.48. The lowest BCUT2D eigenvalue weighted by atomic mass is 9.95. The Hall–Kier alpha value is -1.04. The van der Waals surface area contributed by atoms with E-state index in [1.54, 1.807) is 5.57 Å². The average molecular weight is 200 g/mol. The molecule has 0 radical (unpaired) electrons. The third-order valence-corrected chi connectivity index (χ3v) is 3.16. The minimum absolute atomic E-state index is 1.17. The summed E-state index contributed by atoms with van der Waals surface area (Å²) in [6.07, 6.45) is 11.9. The van der Waals surface area contributed by atoms with Crippen molar-refractivity contribution in [3.8, 4) is 0 Å². The molecule has 1 aromatic carbocycles. The lowest BCUT2D eigenvalue weighted by Gasteiger charge is -2.11. The molecule has 0 spiro atoms. The molecule has 80 valence electrons. The van der Waals surface area contributed by atoms with Crippen LogP contribution in [0.2, 0.25) is 0 Å². The van der Waals surface area contributed by atoms with Crippen molar-refractivity contribution in [2.45, 2.75) is 44.9 Å². The summed E-state index contributed by atoms with van der Waals surface area (Å²) in [5.74, 6) is 0. The Bertz CT molecular complexity index is 308. The molecule has 0 bridgehead atoms. The summed E-state index contributed by atoms with van der Waals surface area (Å²) in [5, 5.41) is 0. The van der Waals surface area contributed by atoms with Gasteiger partial charge in [0.1, 0.15) is 0 Å². The standard InChI is InChI=1S/C15H20/c1-2-5-9-14(10-6-3-1)13-15-11-7-4-8-12-15/h4,7-9,11-12H,1-3,5-6,10,13H2. The fourth-order valence-corrected chi connectivity index (χ4v) is 2.28. The topological polar surface area (TPSA) is 0 Å². The lowest BCUT2D eigenvalue weighted by molar-refractivity contribution is 0.619. The maximum Gasteiger partial charge on any atom is -0.00671 e. The van der Waals surface area contributed by atoms with Gasteiger partial charge in [-0.1, -0.05) is 54.8 Å². The summed E-state index contributed by atoms with van der Waals surface area (Å²) in [7, 11) is 0. The first-order valence-electron chi connectivity index (χ1n) is 6.17. The van der Waals surface area contributed by atoms with Crippen molar-refractivity contribution in [2.75, 3.05) is 0 Å². The van der Waals surface area contributed by atoms with Crippen molar-refractivity contribution < 1.29 is 0 Å². The van der Waals surface area contributed by atoms with E-state index in [2.05, 4.69) is 36.4 Å². The Morgan fingerprint density at radius 3 is 2.53 bits per heavy atom. The van der Waals surface area contributed by atoms with Crippen LogP contribution in [0.15, 0.2) is 42.0 Å². The van der Waals surface area contributed by atoms with Crippen LogP contribution in [0.4, 0.5) is 0 Å². The van der Waals surface area contributed by atoms with Crippen LogP contribution >= 0.6 is 0 Å². The van der Waals surface area contributed by atoms with Crippen molar-refractivity contribution in [2.24, 2.45) is 0 Å². The summed E-state index contributed by atoms with van der Waals surface area (Å²) >= 11 is 0. The average Bonchev–Trinajstić information content (AvgIpc) is 2.23. The highest BCUT2D eigenvalue weighted by molar-refractivity contribution is 5.21. The largest absolute Gasteiger partial charge is 0.0850 e. The molecule has 0 unspecified atom stereocenters. The molecular formula is C15H20. The van der Waals surface area contributed by atoms with Gasteiger partial charge < -0.3 is 0 Å². The minimum Gasteiger partial charge on any atom is -0.0850 e. The Kier molecular flexibility index (Phi) is 4.01. The summed E-state index contributed by atoms with van der Waals surface area (Å²) < 4.78 is 0. The highest BCUT2D eigenvalue weighted by atomic mass is 14.1. The van der Waals surface area contributed by atoms with Gasteiger partial charge in [0.05, 0.1) is 0 Å². The molecule has 0 aromatic heterocycles. The maximum atomic E-state index is 2.48. The molecule has 2 rings (SSSR count). The van der Waals surface area contributed by atoms with Gasteiger partial charge >= 0.3 is 0 Å². The van der Waals surface area contributed by atoms with E-state index in [4.69, 9.17) is 0 Å². The zero-order valence-corrected chi connectivity index (χ0v) is 9.41. The molecule has 15 heavy (non-hydrogen) atoms. The van der Waals surface area contributed by atoms with Crippen molar-refractivity contribution >= 4 is 0 Å². The van der Waals surface area contributed by atoms with Gasteiger partial charge in [-0.2, -0.15) is 0 Å². The van der Waals surface area contributed by atoms with Gasteiger partial charge in [0.15, 0.2) is 0 Å². The number of benzene rings is 1. The third-order valence-electron chi connectivity index (χ3n) is 3.16. The zero-order chi connectivity index (χ0) is 10.3. The number of hydrogen-bond donors (Lipinski definition) is 0. The van der Waals surface area contributed by atoms with E-state index in [9.17, 15) is 0 Å². The molecule has 0 heterocycles. The first-order valence-corrected chi connectivity index (χ1v) is 6.17. The quantitative estimate of drug-likeness (QED) is 0.616. The number of hydrogen-bond acceptors (Lipinski definition) is 0. The minimum atomic E-state index is 1.17. The first-order chi connectivity index (χ1) is 7.45. The van der Waals surface area contributed by atoms with Crippen molar-refractivity contribution in [3.63, 3.8) is 0 Å². The van der Waals surface area contributed by atoms with E-state index in [0.717, 1.165) is 0 Å². The molecule has 0 aliphatic heterocycles. The Balaban J connectivity index is 1.97. The van der Waals surface area contributed by atoms with E-state index in [1.165, 1.54) is 50.5 Å². The van der Waals surface area contributed by atoms with E-state index in [0.29, 0.717) is 0 Å². The molecule has 0 saturated carbocycles. The van der Waals surface area contributed by atoms with E-state index < -0.39 is 0 Å². The van der Waals surface area contributed by atoms with Gasteiger partial charge in [-0.25, -0.2) is 0 Å². The molecule has 0 saturated heterocycles. The molecular weight excluding hydrogens is 180 g/mol. The molecule has 0 heteroatoms. The summed E-state index contributed by atoms with van der Waals surface area (Å²) in [5.41, 5.74) is 3.12. The van der Waals surface area contributed by atoms with Crippen LogP contribution in [0.1, 0.15) is 44.1 Å². The van der Waals surface area contributed by atoms with Gasteiger partial charge in [0.25, 0.3) is 0 Å². The van der Waals surface area contributed by atoms with Crippen LogP contribution in [0.25, 0.3) is 0 Å². The number of rotatable bonds is 2. The summed E-state index contributed by atoms with van der Waals surface area (Å²) in [6, 6.07) is 10.8. The van der Waals surface area contributed by atoms with Gasteiger partial charge in [-0.3, -0.25) is 0 Å². The maximum absolute atomic E-state index is 2.48. The smallest absolute Gasteiger partial charge is 0.00671 e. The van der Waals surface area contributed by atoms with Crippen LogP contribution in [0.3, 0.4) is 0 Å². The van der Waals surface area contributed by atoms with Gasteiger partial charge in [-0.15, -0.1) is 0 Å². The van der Waals surface area contributed by atoms with Crippen LogP contribution in [0, 0.1) is 0 Å². The van der Waals surface area contributed by atoms with E-state index in [-0.39, 0.29) is 0 Å². The van der Waals surface area contributed by atoms with Gasteiger partial charge in [-0.05, 0) is 37.7 Å². The van der Waals surface area contributed by atoms with E-state index >= 15 is 0 Å². The Morgan fingerprint density at radius 1 is 0.867 bits per heavy atom. The molecule has 0 nitrogen and oxygen atoms in total. The second-order valence-corrected chi connectivity index (χ2v) is 4.48. The van der Waals surface area contributed by atoms with Gasteiger partial charge in [0, 0.05) is 0 Å². The molecule has 0 fully saturated rings. The normalized spacial score (nSPS) is 17.7. The van der Waals surface area contributed by atoms with Crippen molar-refractivity contribution in [1.29, 1.82) is 0 Å². The van der Waals surface area contributed by atoms with Crippen LogP contribution in [-0.2, 0) is 6.42 Å². The molecule has 0 atom stereocenters. The van der Waals surface area contributed by atoms with E-state index in [1.807, 2.05) is 0 Å². The van der Waals surface area contributed by atoms with Crippen LogP contribution in [0.5, 0.6) is 0 Å². The zero-order valence-electron chi connectivity index (χ0n) is 9.41. The monoisotopic (exact) mass is 200 g/mol. The summed E-state index contributed by atoms with van der Waals surface area (Å²) in [4.78, 5) is 0. The predicted octanol–water partition coefficient (Wildman–Crippen LogP) is 4.51. The SMILES string of the molecule is C1=C(Cc2ccccc2)CCCCCC1. The third kappa shape index (κ3) is 3.54.